The predicted octanol–water partition coefficient (Wildman–Crippen LogP) is 6.52. The maximum absolute atomic E-state index is 3.42. The van der Waals surface area contributed by atoms with Gasteiger partial charge in [-0.3, -0.25) is 0 Å². The first kappa shape index (κ1) is 18.5. The van der Waals surface area contributed by atoms with Gasteiger partial charge in [-0.05, 0) is 64.6 Å². The second-order valence-corrected chi connectivity index (χ2v) is 7.78. The zero-order chi connectivity index (χ0) is 20.6. The standard InChI is InChI=1S/C28H26N2/c1-3-30-23-18-14-21(15-19-23)28(20-12-16-22(29-2)17-13-20)26-10-6-4-8-24(26)25-9-5-7-11-27(25)28/h4-19,29-30H,3H2,1-2H3. The van der Waals surface area contributed by atoms with Gasteiger partial charge >= 0.3 is 0 Å². The number of benzene rings is 4. The molecule has 2 nitrogen and oxygen atoms in total. The quantitative estimate of drug-likeness (QED) is 0.357. The molecule has 0 bridgehead atoms. The molecule has 1 aliphatic rings. The molecule has 1 aliphatic carbocycles. The Morgan fingerprint density at radius 2 is 1.07 bits per heavy atom. The molecule has 0 atom stereocenters. The molecule has 0 heterocycles. The molecular formula is C28H26N2. The predicted molar refractivity (Wildman–Crippen MR) is 127 cm³/mol. The SMILES string of the molecule is CCNc1ccc(C2(c3ccc(NC)cc3)c3ccccc3-c3ccccc32)cc1. The highest BCUT2D eigenvalue weighted by molar-refractivity contribution is 5.86. The van der Waals surface area contributed by atoms with Crippen LogP contribution in [0.3, 0.4) is 0 Å². The topological polar surface area (TPSA) is 24.1 Å². The first-order chi connectivity index (χ1) is 14.8. The summed E-state index contributed by atoms with van der Waals surface area (Å²) >= 11 is 0. The molecule has 4 aromatic carbocycles. The fraction of sp³-hybridized carbons (Fsp3) is 0.143. The van der Waals surface area contributed by atoms with Gasteiger partial charge in [0.05, 0.1) is 5.41 Å². The van der Waals surface area contributed by atoms with Gasteiger partial charge in [-0.15, -0.1) is 0 Å². The van der Waals surface area contributed by atoms with E-state index < -0.39 is 0 Å². The molecular weight excluding hydrogens is 364 g/mol. The van der Waals surface area contributed by atoms with Crippen LogP contribution in [0.2, 0.25) is 0 Å². The van der Waals surface area contributed by atoms with E-state index in [2.05, 4.69) is 115 Å². The fourth-order valence-electron chi connectivity index (χ4n) is 4.95. The number of nitrogens with one attached hydrogen (secondary N) is 2. The second-order valence-electron chi connectivity index (χ2n) is 7.78. The zero-order valence-corrected chi connectivity index (χ0v) is 17.4. The van der Waals surface area contributed by atoms with E-state index in [-0.39, 0.29) is 5.41 Å². The van der Waals surface area contributed by atoms with Crippen molar-refractivity contribution in [1.82, 2.24) is 0 Å². The molecule has 2 N–H and O–H groups in total. The lowest BCUT2D eigenvalue weighted by Gasteiger charge is -2.34. The summed E-state index contributed by atoms with van der Waals surface area (Å²) in [6, 6.07) is 35.5. The highest BCUT2D eigenvalue weighted by Gasteiger charge is 2.45. The molecule has 0 spiro atoms. The minimum atomic E-state index is -0.329. The lowest BCUT2D eigenvalue weighted by Crippen LogP contribution is -2.28. The van der Waals surface area contributed by atoms with Crippen LogP contribution >= 0.6 is 0 Å². The summed E-state index contributed by atoms with van der Waals surface area (Å²) in [7, 11) is 1.96. The van der Waals surface area contributed by atoms with E-state index in [4.69, 9.17) is 0 Å². The molecule has 0 amide bonds. The highest BCUT2D eigenvalue weighted by Crippen LogP contribution is 2.56. The van der Waals surface area contributed by atoms with Crippen LogP contribution in [0.1, 0.15) is 29.2 Å². The van der Waals surface area contributed by atoms with Crippen molar-refractivity contribution in [2.45, 2.75) is 12.3 Å². The molecule has 0 aliphatic heterocycles. The third kappa shape index (κ3) is 2.64. The smallest absolute Gasteiger partial charge is 0.0713 e. The molecule has 5 rings (SSSR count). The molecule has 0 saturated heterocycles. The van der Waals surface area contributed by atoms with Crippen molar-refractivity contribution in [1.29, 1.82) is 0 Å². The van der Waals surface area contributed by atoms with Gasteiger partial charge in [0.25, 0.3) is 0 Å². The summed E-state index contributed by atoms with van der Waals surface area (Å²) in [4.78, 5) is 0. The van der Waals surface area contributed by atoms with Crippen molar-refractivity contribution < 1.29 is 0 Å². The van der Waals surface area contributed by atoms with Crippen molar-refractivity contribution in [3.05, 3.63) is 119 Å². The van der Waals surface area contributed by atoms with Crippen molar-refractivity contribution in [2.75, 3.05) is 24.2 Å². The first-order valence-electron chi connectivity index (χ1n) is 10.6. The van der Waals surface area contributed by atoms with E-state index in [1.165, 1.54) is 33.4 Å². The molecule has 0 fully saturated rings. The number of hydrogen-bond acceptors (Lipinski definition) is 2. The van der Waals surface area contributed by atoms with E-state index in [1.807, 2.05) is 7.05 Å². The van der Waals surface area contributed by atoms with Crippen LogP contribution in [-0.4, -0.2) is 13.6 Å². The summed E-state index contributed by atoms with van der Waals surface area (Å²) in [5.74, 6) is 0. The number of rotatable bonds is 5. The first-order valence-corrected chi connectivity index (χ1v) is 10.6. The Labute approximate surface area is 178 Å². The zero-order valence-electron chi connectivity index (χ0n) is 17.4. The van der Waals surface area contributed by atoms with Gasteiger partial charge in [-0.1, -0.05) is 72.8 Å². The van der Waals surface area contributed by atoms with Gasteiger partial charge < -0.3 is 10.6 Å². The number of hydrogen-bond donors (Lipinski definition) is 2. The molecule has 30 heavy (non-hydrogen) atoms. The van der Waals surface area contributed by atoms with Crippen LogP contribution in [0.15, 0.2) is 97.1 Å². The maximum atomic E-state index is 3.42. The minimum Gasteiger partial charge on any atom is -0.388 e. The average Bonchev–Trinajstić information content (AvgIpc) is 3.11. The van der Waals surface area contributed by atoms with E-state index >= 15 is 0 Å². The second kappa shape index (κ2) is 7.38. The molecule has 2 heteroatoms. The molecule has 148 valence electrons. The highest BCUT2D eigenvalue weighted by atomic mass is 14.8. The third-order valence-electron chi connectivity index (χ3n) is 6.26. The Kier molecular flexibility index (Phi) is 4.55. The fourth-order valence-corrected chi connectivity index (χ4v) is 4.95. The van der Waals surface area contributed by atoms with E-state index in [1.54, 1.807) is 0 Å². The molecule has 0 saturated carbocycles. The van der Waals surface area contributed by atoms with Gasteiger partial charge in [-0.25, -0.2) is 0 Å². The van der Waals surface area contributed by atoms with E-state index in [0.717, 1.165) is 17.9 Å². The summed E-state index contributed by atoms with van der Waals surface area (Å²) in [6.07, 6.45) is 0. The summed E-state index contributed by atoms with van der Waals surface area (Å²) in [5.41, 5.74) is 9.86. The van der Waals surface area contributed by atoms with Crippen molar-refractivity contribution >= 4 is 11.4 Å². The Bertz CT molecular complexity index is 1130. The Morgan fingerprint density at radius 3 is 1.53 bits per heavy atom. The molecule has 4 aromatic rings. The number of fused-ring (bicyclic) bond motifs is 3. The van der Waals surface area contributed by atoms with Crippen LogP contribution in [0, 0.1) is 0 Å². The van der Waals surface area contributed by atoms with Crippen LogP contribution in [0.25, 0.3) is 11.1 Å². The van der Waals surface area contributed by atoms with Crippen molar-refractivity contribution in [3.63, 3.8) is 0 Å². The molecule has 0 unspecified atom stereocenters. The van der Waals surface area contributed by atoms with Gasteiger partial charge in [0.15, 0.2) is 0 Å². The Hall–Kier alpha value is -3.52. The van der Waals surface area contributed by atoms with E-state index in [9.17, 15) is 0 Å². The molecule has 0 radical (unpaired) electrons. The molecule has 0 aromatic heterocycles. The van der Waals surface area contributed by atoms with E-state index in [0.29, 0.717) is 0 Å². The average molecular weight is 391 g/mol. The lowest BCUT2D eigenvalue weighted by molar-refractivity contribution is 0.768. The summed E-state index contributed by atoms with van der Waals surface area (Å²) in [6.45, 7) is 3.05. The van der Waals surface area contributed by atoms with Crippen molar-refractivity contribution in [2.24, 2.45) is 0 Å². The minimum absolute atomic E-state index is 0.329. The van der Waals surface area contributed by atoms with Crippen LogP contribution in [0.5, 0.6) is 0 Å². The van der Waals surface area contributed by atoms with Gasteiger partial charge in [-0.2, -0.15) is 0 Å². The van der Waals surface area contributed by atoms with Crippen LogP contribution in [0.4, 0.5) is 11.4 Å². The van der Waals surface area contributed by atoms with Crippen LogP contribution < -0.4 is 10.6 Å². The lowest BCUT2D eigenvalue weighted by atomic mass is 9.67. The van der Waals surface area contributed by atoms with Crippen molar-refractivity contribution in [3.8, 4) is 11.1 Å². The Balaban J connectivity index is 1.84. The third-order valence-corrected chi connectivity index (χ3v) is 6.26. The summed E-state index contributed by atoms with van der Waals surface area (Å²) < 4.78 is 0. The van der Waals surface area contributed by atoms with Crippen LogP contribution in [-0.2, 0) is 5.41 Å². The maximum Gasteiger partial charge on any atom is 0.0713 e. The van der Waals surface area contributed by atoms with Gasteiger partial charge in [0.1, 0.15) is 0 Å². The van der Waals surface area contributed by atoms with Gasteiger partial charge in [0.2, 0.25) is 0 Å². The Morgan fingerprint density at radius 1 is 0.600 bits per heavy atom. The van der Waals surface area contributed by atoms with Gasteiger partial charge in [0, 0.05) is 25.0 Å². The monoisotopic (exact) mass is 390 g/mol. The largest absolute Gasteiger partial charge is 0.388 e. The number of anilines is 2. The summed E-state index contributed by atoms with van der Waals surface area (Å²) in [5, 5.41) is 6.67. The normalized spacial score (nSPS) is 13.4.